The normalized spacial score (nSPS) is 19.7. The molecule has 0 aliphatic carbocycles. The van der Waals surface area contributed by atoms with Crippen LogP contribution in [0.15, 0.2) is 53.0 Å². The van der Waals surface area contributed by atoms with Gasteiger partial charge in [-0.15, -0.1) is 0 Å². The minimum Gasteiger partial charge on any atom is -0.497 e. The molecule has 2 aliphatic heterocycles. The van der Waals surface area contributed by atoms with Crippen LogP contribution in [0.3, 0.4) is 0 Å². The maximum atomic E-state index is 13.2. The van der Waals surface area contributed by atoms with E-state index in [2.05, 4.69) is 33.0 Å². The van der Waals surface area contributed by atoms with Crippen molar-refractivity contribution in [3.8, 4) is 5.75 Å². The van der Waals surface area contributed by atoms with E-state index in [-0.39, 0.29) is 24.2 Å². The van der Waals surface area contributed by atoms with Crippen molar-refractivity contribution in [3.63, 3.8) is 0 Å². The van der Waals surface area contributed by atoms with Gasteiger partial charge in [0.1, 0.15) is 5.75 Å². The number of methoxy groups -OCH3 is 1. The molecule has 2 amide bonds. The number of rotatable bonds is 4. The van der Waals surface area contributed by atoms with Gasteiger partial charge in [0, 0.05) is 55.0 Å². The lowest BCUT2D eigenvalue weighted by Crippen LogP contribution is -2.40. The third-order valence-corrected chi connectivity index (χ3v) is 6.33. The number of hydrogen-bond donors (Lipinski definition) is 0. The van der Waals surface area contributed by atoms with E-state index in [1.54, 1.807) is 12.0 Å². The number of ether oxygens (including phenoxy) is 1. The highest BCUT2D eigenvalue weighted by Gasteiger charge is 2.37. The summed E-state index contributed by atoms with van der Waals surface area (Å²) in [6, 6.07) is 15.7. The van der Waals surface area contributed by atoms with E-state index in [4.69, 9.17) is 4.74 Å². The third kappa shape index (κ3) is 4.46. The van der Waals surface area contributed by atoms with Gasteiger partial charge in [-0.1, -0.05) is 22.0 Å². The zero-order chi connectivity index (χ0) is 21.1. The molecule has 2 aromatic carbocycles. The minimum absolute atomic E-state index is 0.0149. The second kappa shape index (κ2) is 9.08. The van der Waals surface area contributed by atoms with Gasteiger partial charge < -0.3 is 19.4 Å². The number of carbonyl (C=O) groups excluding carboxylic acids is 2. The van der Waals surface area contributed by atoms with Crippen molar-refractivity contribution < 1.29 is 14.3 Å². The van der Waals surface area contributed by atoms with Crippen LogP contribution >= 0.6 is 15.9 Å². The van der Waals surface area contributed by atoms with E-state index in [1.807, 2.05) is 41.3 Å². The van der Waals surface area contributed by atoms with Crippen LogP contribution in [-0.4, -0.2) is 56.5 Å². The van der Waals surface area contributed by atoms with Gasteiger partial charge >= 0.3 is 0 Å². The van der Waals surface area contributed by atoms with Crippen molar-refractivity contribution in [3.05, 3.63) is 53.0 Å². The number of hydrogen-bond acceptors (Lipinski definition) is 4. The monoisotopic (exact) mass is 471 g/mol. The highest BCUT2D eigenvalue weighted by Crippen LogP contribution is 2.29. The SMILES string of the molecule is COc1ccc(N2CCCN(C(=O)C3CC(=O)N(c4cccc(Br)c4)C3)CC2)cc1. The average molecular weight is 472 g/mol. The van der Waals surface area contributed by atoms with Gasteiger partial charge in [-0.05, 0) is 48.9 Å². The van der Waals surface area contributed by atoms with Gasteiger partial charge in [0.2, 0.25) is 11.8 Å². The number of nitrogens with zero attached hydrogens (tertiary/aromatic N) is 3. The first-order valence-corrected chi connectivity index (χ1v) is 11.1. The number of carbonyl (C=O) groups is 2. The second-order valence-electron chi connectivity index (χ2n) is 7.75. The van der Waals surface area contributed by atoms with E-state index >= 15 is 0 Å². The van der Waals surface area contributed by atoms with Crippen molar-refractivity contribution in [2.24, 2.45) is 5.92 Å². The van der Waals surface area contributed by atoms with Crippen LogP contribution in [0.1, 0.15) is 12.8 Å². The summed E-state index contributed by atoms with van der Waals surface area (Å²) in [4.78, 5) is 31.7. The van der Waals surface area contributed by atoms with Crippen LogP contribution in [0.25, 0.3) is 0 Å². The summed E-state index contributed by atoms with van der Waals surface area (Å²) in [6.07, 6.45) is 1.19. The summed E-state index contributed by atoms with van der Waals surface area (Å²) in [5.41, 5.74) is 1.98. The second-order valence-corrected chi connectivity index (χ2v) is 8.66. The predicted molar refractivity (Wildman–Crippen MR) is 121 cm³/mol. The Hall–Kier alpha value is -2.54. The van der Waals surface area contributed by atoms with Crippen molar-refractivity contribution >= 4 is 39.1 Å². The molecule has 2 heterocycles. The van der Waals surface area contributed by atoms with Crippen LogP contribution in [0.4, 0.5) is 11.4 Å². The third-order valence-electron chi connectivity index (χ3n) is 5.84. The molecule has 2 aromatic rings. The summed E-state index contributed by atoms with van der Waals surface area (Å²) < 4.78 is 6.16. The number of anilines is 2. The van der Waals surface area contributed by atoms with Crippen LogP contribution in [0.2, 0.25) is 0 Å². The first-order valence-electron chi connectivity index (χ1n) is 10.3. The van der Waals surface area contributed by atoms with Crippen molar-refractivity contribution in [2.45, 2.75) is 12.8 Å². The Morgan fingerprint density at radius 1 is 1.03 bits per heavy atom. The Morgan fingerprint density at radius 3 is 2.57 bits per heavy atom. The quantitative estimate of drug-likeness (QED) is 0.683. The topological polar surface area (TPSA) is 53.1 Å². The molecule has 6 nitrogen and oxygen atoms in total. The molecule has 0 radical (unpaired) electrons. The fraction of sp³-hybridized carbons (Fsp3) is 0.391. The summed E-state index contributed by atoms with van der Waals surface area (Å²) in [6.45, 7) is 3.55. The number of benzene rings is 2. The zero-order valence-electron chi connectivity index (χ0n) is 17.1. The molecular formula is C23H26BrN3O3. The van der Waals surface area contributed by atoms with E-state index in [0.717, 1.165) is 47.7 Å². The molecule has 0 spiro atoms. The predicted octanol–water partition coefficient (Wildman–Crippen LogP) is 3.55. The summed E-state index contributed by atoms with van der Waals surface area (Å²) in [5, 5.41) is 0. The number of amides is 2. The minimum atomic E-state index is -0.274. The average Bonchev–Trinajstić information content (AvgIpc) is 2.99. The Bertz CT molecular complexity index is 918. The van der Waals surface area contributed by atoms with E-state index in [9.17, 15) is 9.59 Å². The standard InChI is InChI=1S/C23H26BrN3O3/c1-30-21-8-6-19(7-9-21)25-10-3-11-26(13-12-25)23(29)17-14-22(28)27(16-17)20-5-2-4-18(24)15-20/h2,4-9,15,17H,3,10-14,16H2,1H3. The molecule has 2 aliphatic rings. The lowest BCUT2D eigenvalue weighted by molar-refractivity contribution is -0.135. The smallest absolute Gasteiger partial charge is 0.228 e. The molecule has 30 heavy (non-hydrogen) atoms. The highest BCUT2D eigenvalue weighted by molar-refractivity contribution is 9.10. The summed E-state index contributed by atoms with van der Waals surface area (Å²) in [7, 11) is 1.66. The van der Waals surface area contributed by atoms with Gasteiger partial charge in [-0.25, -0.2) is 0 Å². The van der Waals surface area contributed by atoms with Crippen LogP contribution < -0.4 is 14.5 Å². The largest absolute Gasteiger partial charge is 0.497 e. The lowest BCUT2D eigenvalue weighted by atomic mass is 10.1. The first kappa shape index (κ1) is 20.7. The molecule has 158 valence electrons. The van der Waals surface area contributed by atoms with Crippen molar-refractivity contribution in [1.29, 1.82) is 0 Å². The summed E-state index contributed by atoms with van der Waals surface area (Å²) >= 11 is 3.45. The van der Waals surface area contributed by atoms with Crippen LogP contribution in [0, 0.1) is 5.92 Å². The van der Waals surface area contributed by atoms with E-state index in [1.165, 1.54) is 0 Å². The Kier molecular flexibility index (Phi) is 6.27. The summed E-state index contributed by atoms with van der Waals surface area (Å²) in [5.74, 6) is 0.675. The van der Waals surface area contributed by atoms with Gasteiger partial charge in [-0.2, -0.15) is 0 Å². The molecule has 7 heteroatoms. The molecule has 2 saturated heterocycles. The Balaban J connectivity index is 1.38. The van der Waals surface area contributed by atoms with Gasteiger partial charge in [0.05, 0.1) is 13.0 Å². The molecule has 0 saturated carbocycles. The molecule has 0 N–H and O–H groups in total. The molecule has 4 rings (SSSR count). The maximum Gasteiger partial charge on any atom is 0.228 e. The Morgan fingerprint density at radius 2 is 1.83 bits per heavy atom. The van der Waals surface area contributed by atoms with Crippen LogP contribution in [0.5, 0.6) is 5.75 Å². The molecule has 0 aromatic heterocycles. The van der Waals surface area contributed by atoms with Gasteiger partial charge in [0.25, 0.3) is 0 Å². The van der Waals surface area contributed by atoms with Crippen LogP contribution in [-0.2, 0) is 9.59 Å². The lowest BCUT2D eigenvalue weighted by Gasteiger charge is -2.25. The molecule has 0 bridgehead atoms. The fourth-order valence-electron chi connectivity index (χ4n) is 4.21. The van der Waals surface area contributed by atoms with Gasteiger partial charge in [0.15, 0.2) is 0 Å². The molecule has 2 fully saturated rings. The van der Waals surface area contributed by atoms with Crippen molar-refractivity contribution in [2.75, 3.05) is 49.6 Å². The zero-order valence-corrected chi connectivity index (χ0v) is 18.7. The highest BCUT2D eigenvalue weighted by atomic mass is 79.9. The van der Waals surface area contributed by atoms with Gasteiger partial charge in [-0.3, -0.25) is 9.59 Å². The first-order chi connectivity index (χ1) is 14.5. The van der Waals surface area contributed by atoms with E-state index < -0.39 is 0 Å². The molecule has 1 unspecified atom stereocenters. The van der Waals surface area contributed by atoms with Crippen molar-refractivity contribution in [1.82, 2.24) is 4.90 Å². The molecular weight excluding hydrogens is 446 g/mol. The van der Waals surface area contributed by atoms with E-state index in [0.29, 0.717) is 13.1 Å². The molecule has 1 atom stereocenters. The maximum absolute atomic E-state index is 13.2. The fourth-order valence-corrected chi connectivity index (χ4v) is 4.60. The number of halogens is 1. The Labute approximate surface area is 185 Å².